The maximum atomic E-state index is 13.2. The lowest BCUT2D eigenvalue weighted by Gasteiger charge is -2.06. The minimum atomic E-state index is -0.442. The second-order valence-corrected chi connectivity index (χ2v) is 5.59. The summed E-state index contributed by atoms with van der Waals surface area (Å²) in [6.07, 6.45) is 0.775. The summed E-state index contributed by atoms with van der Waals surface area (Å²) in [7, 11) is 0. The van der Waals surface area contributed by atoms with Crippen LogP contribution in [0.1, 0.15) is 28.5 Å². The van der Waals surface area contributed by atoms with Crippen LogP contribution in [0.3, 0.4) is 0 Å². The van der Waals surface area contributed by atoms with Gasteiger partial charge in [-0.05, 0) is 49.2 Å². The lowest BCUT2D eigenvalue weighted by atomic mass is 10.2. The Morgan fingerprint density at radius 3 is 2.67 bits per heavy atom. The van der Waals surface area contributed by atoms with E-state index in [1.54, 1.807) is 6.07 Å². The van der Waals surface area contributed by atoms with E-state index in [0.717, 1.165) is 23.4 Å². The number of hydrogen-bond acceptors (Lipinski definition) is 2. The summed E-state index contributed by atoms with van der Waals surface area (Å²) in [6, 6.07) is 15.4. The van der Waals surface area contributed by atoms with Gasteiger partial charge < -0.3 is 5.32 Å². The summed E-state index contributed by atoms with van der Waals surface area (Å²) >= 11 is 0. The van der Waals surface area contributed by atoms with Gasteiger partial charge in [-0.15, -0.1) is 5.10 Å². The molecule has 0 spiro atoms. The third-order valence-corrected chi connectivity index (χ3v) is 3.72. The number of hydrogen-bond donors (Lipinski definition) is 1. The molecule has 0 aliphatic carbocycles. The van der Waals surface area contributed by atoms with Gasteiger partial charge in [0.15, 0.2) is 5.82 Å². The van der Waals surface area contributed by atoms with E-state index in [-0.39, 0.29) is 11.5 Å². The van der Waals surface area contributed by atoms with Crippen molar-refractivity contribution in [3.63, 3.8) is 0 Å². The quantitative estimate of drug-likeness (QED) is 0.784. The lowest BCUT2D eigenvalue weighted by molar-refractivity contribution is 0.102. The topological polar surface area (TPSA) is 46.9 Å². The van der Waals surface area contributed by atoms with Crippen molar-refractivity contribution in [2.45, 2.75) is 20.3 Å². The number of anilines is 1. The smallest absolute Gasteiger partial charge is 0.256 e. The molecule has 122 valence electrons. The molecule has 0 bridgehead atoms. The predicted octanol–water partition coefficient (Wildman–Crippen LogP) is 4.13. The number of rotatable bonds is 4. The Bertz CT molecular complexity index is 886. The molecule has 3 aromatic rings. The summed E-state index contributed by atoms with van der Waals surface area (Å²) in [5.41, 5.74) is 3.32. The Kier molecular flexibility index (Phi) is 4.42. The van der Waals surface area contributed by atoms with Gasteiger partial charge in [-0.3, -0.25) is 4.79 Å². The van der Waals surface area contributed by atoms with E-state index in [1.165, 1.54) is 18.2 Å². The van der Waals surface area contributed by atoms with Crippen molar-refractivity contribution in [3.05, 3.63) is 77.2 Å². The summed E-state index contributed by atoms with van der Waals surface area (Å²) < 4.78 is 15.1. The maximum Gasteiger partial charge on any atom is 0.256 e. The second kappa shape index (κ2) is 6.66. The van der Waals surface area contributed by atoms with Crippen molar-refractivity contribution < 1.29 is 9.18 Å². The van der Waals surface area contributed by atoms with Crippen LogP contribution in [0.4, 0.5) is 10.2 Å². The number of benzene rings is 2. The fraction of sp³-hybridized carbons (Fsp3) is 0.158. The standard InChI is InChI=1S/C19H18FN3O/c1-3-16-12-18(21-19(24)14-7-5-8-15(20)11-14)22-23(16)17-9-4-6-13(2)10-17/h4-12H,3H2,1-2H3,(H,21,22,24). The number of amides is 1. The Morgan fingerprint density at radius 2 is 1.96 bits per heavy atom. The zero-order valence-electron chi connectivity index (χ0n) is 13.6. The van der Waals surface area contributed by atoms with E-state index in [1.807, 2.05) is 48.9 Å². The fourth-order valence-electron chi connectivity index (χ4n) is 2.53. The Morgan fingerprint density at radius 1 is 1.17 bits per heavy atom. The van der Waals surface area contributed by atoms with Crippen molar-refractivity contribution in [3.8, 4) is 5.69 Å². The van der Waals surface area contributed by atoms with Gasteiger partial charge in [0, 0.05) is 17.3 Å². The molecule has 0 radical (unpaired) electrons. The van der Waals surface area contributed by atoms with E-state index in [4.69, 9.17) is 0 Å². The highest BCUT2D eigenvalue weighted by Gasteiger charge is 2.12. The van der Waals surface area contributed by atoms with Gasteiger partial charge in [-0.25, -0.2) is 9.07 Å². The number of carbonyl (C=O) groups is 1. The molecule has 1 N–H and O–H groups in total. The Labute approximate surface area is 139 Å². The molecule has 0 aliphatic rings. The average molecular weight is 323 g/mol. The second-order valence-electron chi connectivity index (χ2n) is 5.59. The first-order chi connectivity index (χ1) is 11.6. The number of nitrogens with zero attached hydrogens (tertiary/aromatic N) is 2. The van der Waals surface area contributed by atoms with Gasteiger partial charge in [0.2, 0.25) is 0 Å². The van der Waals surface area contributed by atoms with Crippen molar-refractivity contribution in [1.82, 2.24) is 9.78 Å². The monoisotopic (exact) mass is 323 g/mol. The van der Waals surface area contributed by atoms with Crippen LogP contribution in [-0.4, -0.2) is 15.7 Å². The molecule has 0 saturated carbocycles. The number of carbonyl (C=O) groups excluding carboxylic acids is 1. The molecule has 0 fully saturated rings. The molecule has 1 aromatic heterocycles. The minimum Gasteiger partial charge on any atom is -0.305 e. The van der Waals surface area contributed by atoms with E-state index >= 15 is 0 Å². The van der Waals surface area contributed by atoms with Crippen molar-refractivity contribution in [2.24, 2.45) is 0 Å². The van der Waals surface area contributed by atoms with Crippen molar-refractivity contribution >= 4 is 11.7 Å². The summed E-state index contributed by atoms with van der Waals surface area (Å²) in [4.78, 5) is 12.2. The molecule has 0 unspecified atom stereocenters. The highest BCUT2D eigenvalue weighted by Crippen LogP contribution is 2.18. The molecule has 4 nitrogen and oxygen atoms in total. The lowest BCUT2D eigenvalue weighted by Crippen LogP contribution is -2.12. The first-order valence-electron chi connectivity index (χ1n) is 7.79. The van der Waals surface area contributed by atoms with Gasteiger partial charge >= 0.3 is 0 Å². The summed E-state index contributed by atoms with van der Waals surface area (Å²) in [6.45, 7) is 4.05. The number of halogens is 1. The van der Waals surface area contributed by atoms with Gasteiger partial charge in [0.05, 0.1) is 5.69 Å². The van der Waals surface area contributed by atoms with Crippen molar-refractivity contribution in [2.75, 3.05) is 5.32 Å². The average Bonchev–Trinajstić information content (AvgIpc) is 2.98. The van der Waals surface area contributed by atoms with Crippen molar-refractivity contribution in [1.29, 1.82) is 0 Å². The molecule has 0 saturated heterocycles. The Hall–Kier alpha value is -2.95. The molecule has 3 rings (SSSR count). The molecule has 0 aliphatic heterocycles. The van der Waals surface area contributed by atoms with Crippen LogP contribution in [0.5, 0.6) is 0 Å². The van der Waals surface area contributed by atoms with Crippen LogP contribution >= 0.6 is 0 Å². The summed E-state index contributed by atoms with van der Waals surface area (Å²) in [5.74, 6) is -0.379. The molecular formula is C19H18FN3O. The van der Waals surface area contributed by atoms with Crippen LogP contribution in [0.2, 0.25) is 0 Å². The normalized spacial score (nSPS) is 10.6. The van der Waals surface area contributed by atoms with Crippen LogP contribution in [0, 0.1) is 12.7 Å². The van der Waals surface area contributed by atoms with Crippen LogP contribution < -0.4 is 5.32 Å². The molecule has 0 atom stereocenters. The van der Waals surface area contributed by atoms with Gasteiger partial charge in [0.25, 0.3) is 5.91 Å². The fourth-order valence-corrected chi connectivity index (χ4v) is 2.53. The third-order valence-electron chi connectivity index (χ3n) is 3.72. The van der Waals surface area contributed by atoms with Crippen LogP contribution in [0.15, 0.2) is 54.6 Å². The largest absolute Gasteiger partial charge is 0.305 e. The van der Waals surface area contributed by atoms with E-state index in [2.05, 4.69) is 10.4 Å². The first kappa shape index (κ1) is 15.9. The predicted molar refractivity (Wildman–Crippen MR) is 92.0 cm³/mol. The Balaban J connectivity index is 1.89. The molecule has 1 amide bonds. The first-order valence-corrected chi connectivity index (χ1v) is 7.79. The number of aromatic nitrogens is 2. The van der Waals surface area contributed by atoms with E-state index in [0.29, 0.717) is 5.82 Å². The van der Waals surface area contributed by atoms with Crippen LogP contribution in [-0.2, 0) is 6.42 Å². The van der Waals surface area contributed by atoms with Crippen LogP contribution in [0.25, 0.3) is 5.69 Å². The molecule has 1 heterocycles. The van der Waals surface area contributed by atoms with Gasteiger partial charge in [-0.1, -0.05) is 25.1 Å². The maximum absolute atomic E-state index is 13.2. The molecule has 24 heavy (non-hydrogen) atoms. The zero-order valence-corrected chi connectivity index (χ0v) is 13.6. The zero-order chi connectivity index (χ0) is 17.1. The minimum absolute atomic E-state index is 0.262. The summed E-state index contributed by atoms with van der Waals surface area (Å²) in [5, 5.41) is 7.20. The molecule has 2 aromatic carbocycles. The van der Waals surface area contributed by atoms with Gasteiger partial charge in [0.1, 0.15) is 5.82 Å². The number of aryl methyl sites for hydroxylation is 2. The molecular weight excluding hydrogens is 305 g/mol. The van der Waals surface area contributed by atoms with Gasteiger partial charge in [-0.2, -0.15) is 0 Å². The third kappa shape index (κ3) is 3.35. The number of nitrogens with one attached hydrogen (secondary N) is 1. The van der Waals surface area contributed by atoms with E-state index < -0.39 is 5.82 Å². The SMILES string of the molecule is CCc1cc(NC(=O)c2cccc(F)c2)nn1-c1cccc(C)c1. The highest BCUT2D eigenvalue weighted by molar-refractivity contribution is 6.03. The van der Waals surface area contributed by atoms with E-state index in [9.17, 15) is 9.18 Å². The highest BCUT2D eigenvalue weighted by atomic mass is 19.1. The molecule has 5 heteroatoms.